The van der Waals surface area contributed by atoms with E-state index in [-0.39, 0.29) is 11.3 Å². The second-order valence-corrected chi connectivity index (χ2v) is 3.82. The number of rotatable bonds is 2. The number of nitrogens with zero attached hydrogens (tertiary/aromatic N) is 2. The van der Waals surface area contributed by atoms with Gasteiger partial charge in [0.25, 0.3) is 0 Å². The van der Waals surface area contributed by atoms with Crippen molar-refractivity contribution in [3.05, 3.63) is 47.4 Å². The van der Waals surface area contributed by atoms with Gasteiger partial charge in [0.15, 0.2) is 5.82 Å². The summed E-state index contributed by atoms with van der Waals surface area (Å²) in [5.41, 5.74) is 7.46. The van der Waals surface area contributed by atoms with E-state index in [4.69, 9.17) is 11.0 Å². The quantitative estimate of drug-likeness (QED) is 0.849. The average Bonchev–Trinajstić information content (AvgIpc) is 2.36. The predicted molar refractivity (Wildman–Crippen MR) is 67.8 cm³/mol. The number of benzene rings is 1. The molecule has 0 aliphatic carbocycles. The first-order valence-electron chi connectivity index (χ1n) is 5.30. The molecule has 1 aromatic carbocycles. The maximum absolute atomic E-state index is 13.7. The molecule has 0 bridgehead atoms. The molecule has 0 saturated carbocycles. The van der Waals surface area contributed by atoms with Gasteiger partial charge in [-0.3, -0.25) is 0 Å². The minimum Gasteiger partial charge on any atom is -0.396 e. The van der Waals surface area contributed by atoms with Crippen LogP contribution in [0.3, 0.4) is 0 Å². The lowest BCUT2D eigenvalue weighted by Crippen LogP contribution is -2.01. The lowest BCUT2D eigenvalue weighted by Gasteiger charge is -2.09. The lowest BCUT2D eigenvalue weighted by molar-refractivity contribution is 0.631. The van der Waals surface area contributed by atoms with Crippen LogP contribution in [0.15, 0.2) is 30.3 Å². The van der Waals surface area contributed by atoms with Gasteiger partial charge < -0.3 is 11.1 Å². The van der Waals surface area contributed by atoms with Crippen molar-refractivity contribution in [1.29, 1.82) is 5.26 Å². The highest BCUT2D eigenvalue weighted by Gasteiger charge is 2.07. The summed E-state index contributed by atoms with van der Waals surface area (Å²) in [6.45, 7) is 1.82. The fourth-order valence-electron chi connectivity index (χ4n) is 1.48. The molecule has 5 heteroatoms. The molecular weight excluding hydrogens is 231 g/mol. The molecule has 2 aromatic rings. The molecule has 0 radical (unpaired) electrons. The first kappa shape index (κ1) is 11.9. The zero-order valence-corrected chi connectivity index (χ0v) is 9.74. The second kappa shape index (κ2) is 4.72. The molecule has 0 spiro atoms. The van der Waals surface area contributed by atoms with Crippen LogP contribution < -0.4 is 11.1 Å². The molecule has 0 aliphatic heterocycles. The zero-order valence-electron chi connectivity index (χ0n) is 9.74. The summed E-state index contributed by atoms with van der Waals surface area (Å²) < 4.78 is 13.7. The van der Waals surface area contributed by atoms with Gasteiger partial charge >= 0.3 is 0 Å². The van der Waals surface area contributed by atoms with Crippen molar-refractivity contribution < 1.29 is 4.39 Å². The maximum Gasteiger partial charge on any atom is 0.153 e. The molecule has 0 fully saturated rings. The summed E-state index contributed by atoms with van der Waals surface area (Å²) in [4.78, 5) is 4.18. The highest BCUT2D eigenvalue weighted by molar-refractivity contribution is 5.69. The fourth-order valence-corrected chi connectivity index (χ4v) is 1.48. The Hall–Kier alpha value is -2.61. The van der Waals surface area contributed by atoms with E-state index in [1.165, 1.54) is 12.1 Å². The Morgan fingerprint density at radius 2 is 2.11 bits per heavy atom. The van der Waals surface area contributed by atoms with Crippen molar-refractivity contribution in [3.63, 3.8) is 0 Å². The molecule has 1 heterocycles. The number of anilines is 3. The number of nitrogens with one attached hydrogen (secondary N) is 1. The number of pyridine rings is 1. The molecule has 0 amide bonds. The van der Waals surface area contributed by atoms with Crippen molar-refractivity contribution in [3.8, 4) is 6.07 Å². The van der Waals surface area contributed by atoms with Crippen molar-refractivity contribution in [2.45, 2.75) is 6.92 Å². The van der Waals surface area contributed by atoms with Gasteiger partial charge in [-0.15, -0.1) is 0 Å². The largest absolute Gasteiger partial charge is 0.396 e. The van der Waals surface area contributed by atoms with Crippen LogP contribution in [-0.4, -0.2) is 4.98 Å². The fraction of sp³-hybridized carbons (Fsp3) is 0.0769. The third kappa shape index (κ3) is 2.38. The van der Waals surface area contributed by atoms with Gasteiger partial charge in [0.05, 0.1) is 23.0 Å². The van der Waals surface area contributed by atoms with Crippen LogP contribution in [0.25, 0.3) is 0 Å². The van der Waals surface area contributed by atoms with Gasteiger partial charge in [0.1, 0.15) is 5.82 Å². The molecule has 0 unspecified atom stereocenters. The number of halogens is 1. The third-order valence-electron chi connectivity index (χ3n) is 2.42. The topological polar surface area (TPSA) is 74.7 Å². The van der Waals surface area contributed by atoms with E-state index in [9.17, 15) is 4.39 Å². The van der Waals surface area contributed by atoms with Gasteiger partial charge in [0, 0.05) is 5.69 Å². The van der Waals surface area contributed by atoms with E-state index in [0.29, 0.717) is 11.5 Å². The molecule has 1 aromatic heterocycles. The second-order valence-electron chi connectivity index (χ2n) is 3.82. The van der Waals surface area contributed by atoms with E-state index in [1.807, 2.05) is 13.0 Å². The molecule has 2 rings (SSSR count). The van der Waals surface area contributed by atoms with Crippen LogP contribution in [0.5, 0.6) is 0 Å². The van der Waals surface area contributed by atoms with Crippen molar-refractivity contribution in [2.75, 3.05) is 11.1 Å². The van der Waals surface area contributed by atoms with Crippen LogP contribution in [0.1, 0.15) is 11.3 Å². The summed E-state index contributed by atoms with van der Waals surface area (Å²) in [5.74, 6) is -0.115. The van der Waals surface area contributed by atoms with E-state index in [1.54, 1.807) is 12.1 Å². The molecule has 0 atom stereocenters. The Morgan fingerprint density at radius 1 is 1.33 bits per heavy atom. The van der Waals surface area contributed by atoms with E-state index >= 15 is 0 Å². The van der Waals surface area contributed by atoms with Gasteiger partial charge in [0.2, 0.25) is 0 Å². The minimum absolute atomic E-state index is 0.235. The lowest BCUT2D eigenvalue weighted by atomic mass is 10.2. The molecular formula is C13H11FN4. The van der Waals surface area contributed by atoms with E-state index in [2.05, 4.69) is 10.3 Å². The number of nitrogen functional groups attached to an aromatic ring is 1. The van der Waals surface area contributed by atoms with Gasteiger partial charge in [-0.05, 0) is 37.3 Å². The number of hydrogen-bond acceptors (Lipinski definition) is 4. The summed E-state index contributed by atoms with van der Waals surface area (Å²) in [6, 6.07) is 9.52. The van der Waals surface area contributed by atoms with E-state index < -0.39 is 5.82 Å². The molecule has 0 saturated heterocycles. The van der Waals surface area contributed by atoms with Gasteiger partial charge in [-0.1, -0.05) is 0 Å². The Bertz CT molecular complexity index is 631. The van der Waals surface area contributed by atoms with Crippen LogP contribution >= 0.6 is 0 Å². The highest BCUT2D eigenvalue weighted by atomic mass is 19.1. The molecule has 18 heavy (non-hydrogen) atoms. The van der Waals surface area contributed by atoms with Crippen LogP contribution in [0, 0.1) is 24.1 Å². The zero-order chi connectivity index (χ0) is 13.1. The highest BCUT2D eigenvalue weighted by Crippen LogP contribution is 2.23. The first-order valence-corrected chi connectivity index (χ1v) is 5.30. The summed E-state index contributed by atoms with van der Waals surface area (Å²) in [5, 5.41) is 11.5. The molecule has 4 nitrogen and oxygen atoms in total. The maximum atomic E-state index is 13.7. The van der Waals surface area contributed by atoms with Crippen molar-refractivity contribution >= 4 is 17.2 Å². The third-order valence-corrected chi connectivity index (χ3v) is 2.42. The van der Waals surface area contributed by atoms with E-state index in [0.717, 1.165) is 11.8 Å². The van der Waals surface area contributed by atoms with Crippen LogP contribution in [-0.2, 0) is 0 Å². The summed E-state index contributed by atoms with van der Waals surface area (Å²) in [7, 11) is 0. The average molecular weight is 242 g/mol. The Balaban J connectivity index is 2.34. The predicted octanol–water partition coefficient (Wildman–Crippen LogP) is 2.73. The monoisotopic (exact) mass is 242 g/mol. The number of nitrogens with two attached hydrogens (primary N) is 1. The van der Waals surface area contributed by atoms with Crippen molar-refractivity contribution in [1.82, 2.24) is 4.98 Å². The number of nitriles is 1. The normalized spacial score (nSPS) is 9.83. The molecule has 3 N–H and O–H groups in total. The van der Waals surface area contributed by atoms with Gasteiger partial charge in [-0.25, -0.2) is 9.37 Å². The van der Waals surface area contributed by atoms with Gasteiger partial charge in [-0.2, -0.15) is 5.26 Å². The standard InChI is InChI=1S/C13H11FN4/c1-8-2-4-11(16)13(17-8)18-12-5-3-9(7-15)6-10(12)14/h2-6H,16H2,1H3,(H,17,18). The Labute approximate surface area is 104 Å². The smallest absolute Gasteiger partial charge is 0.153 e. The van der Waals surface area contributed by atoms with Crippen LogP contribution in [0.4, 0.5) is 21.6 Å². The number of aryl methyl sites for hydroxylation is 1. The minimum atomic E-state index is -0.517. The number of hydrogen-bond donors (Lipinski definition) is 2. The van der Waals surface area contributed by atoms with Crippen molar-refractivity contribution in [2.24, 2.45) is 0 Å². The first-order chi connectivity index (χ1) is 8.60. The molecule has 0 aliphatic rings. The Kier molecular flexibility index (Phi) is 3.11. The summed E-state index contributed by atoms with van der Waals surface area (Å²) in [6.07, 6.45) is 0. The SMILES string of the molecule is Cc1ccc(N)c(Nc2ccc(C#N)cc2F)n1. The molecule has 90 valence electrons. The number of aromatic nitrogens is 1. The Morgan fingerprint density at radius 3 is 2.78 bits per heavy atom. The van der Waals surface area contributed by atoms with Crippen LogP contribution in [0.2, 0.25) is 0 Å². The summed E-state index contributed by atoms with van der Waals surface area (Å²) >= 11 is 0.